The average Bonchev–Trinajstić information content (AvgIpc) is 2.11. The number of thioether (sulfide) groups is 1. The normalized spacial score (nSPS) is 37.5. The van der Waals surface area contributed by atoms with Crippen LogP contribution < -0.4 is 11.5 Å². The van der Waals surface area contributed by atoms with Crippen LogP contribution in [0.25, 0.3) is 0 Å². The Morgan fingerprint density at radius 3 is 2.82 bits per heavy atom. The summed E-state index contributed by atoms with van der Waals surface area (Å²) in [5.74, 6) is 0.757. The van der Waals surface area contributed by atoms with Crippen molar-refractivity contribution in [2.24, 2.45) is 11.5 Å². The van der Waals surface area contributed by atoms with Crippen LogP contribution in [0.3, 0.4) is 0 Å². The highest BCUT2D eigenvalue weighted by atomic mass is 32.2. The second-order valence-corrected chi connectivity index (χ2v) is 4.59. The maximum absolute atomic E-state index is 10.6. The fraction of sp³-hybridized carbons (Fsp3) is 0.857. The minimum absolute atomic E-state index is 0.290. The van der Waals surface area contributed by atoms with Gasteiger partial charge >= 0.3 is 0 Å². The minimum atomic E-state index is -0.337. The second-order valence-electron chi connectivity index (χ2n) is 3.14. The van der Waals surface area contributed by atoms with Gasteiger partial charge in [0.15, 0.2) is 0 Å². The number of carbonyl (C=O) groups is 1. The van der Waals surface area contributed by atoms with Crippen molar-refractivity contribution in [3.8, 4) is 0 Å². The van der Waals surface area contributed by atoms with Gasteiger partial charge in [-0.2, -0.15) is 11.8 Å². The number of nitrogens with two attached hydrogens (primary N) is 2. The molecule has 1 rings (SSSR count). The third-order valence-electron chi connectivity index (χ3n) is 2.25. The van der Waals surface area contributed by atoms with E-state index in [1.54, 1.807) is 0 Å². The molecule has 0 radical (unpaired) electrons. The zero-order valence-electron chi connectivity index (χ0n) is 6.67. The SMILES string of the molecule is CC1SCCC1(N)CC(N)=O. The lowest BCUT2D eigenvalue weighted by Gasteiger charge is -2.26. The van der Waals surface area contributed by atoms with Crippen LogP contribution in [-0.4, -0.2) is 22.4 Å². The highest BCUT2D eigenvalue weighted by Gasteiger charge is 2.38. The van der Waals surface area contributed by atoms with Crippen LogP contribution >= 0.6 is 11.8 Å². The molecule has 1 amide bonds. The van der Waals surface area contributed by atoms with E-state index in [4.69, 9.17) is 11.5 Å². The summed E-state index contributed by atoms with van der Waals surface area (Å²) in [5, 5.41) is 0.356. The quantitative estimate of drug-likeness (QED) is 0.623. The summed E-state index contributed by atoms with van der Waals surface area (Å²) in [6.07, 6.45) is 1.23. The van der Waals surface area contributed by atoms with E-state index >= 15 is 0 Å². The van der Waals surface area contributed by atoms with Crippen LogP contribution in [0.15, 0.2) is 0 Å². The molecule has 0 aromatic carbocycles. The van der Waals surface area contributed by atoms with Crippen LogP contribution in [0.5, 0.6) is 0 Å². The van der Waals surface area contributed by atoms with Crippen molar-refractivity contribution >= 4 is 17.7 Å². The highest BCUT2D eigenvalue weighted by Crippen LogP contribution is 2.35. The molecule has 0 aromatic heterocycles. The van der Waals surface area contributed by atoms with Crippen molar-refractivity contribution in [3.63, 3.8) is 0 Å². The Labute approximate surface area is 70.9 Å². The lowest BCUT2D eigenvalue weighted by molar-refractivity contribution is -0.119. The van der Waals surface area contributed by atoms with Gasteiger partial charge < -0.3 is 11.5 Å². The smallest absolute Gasteiger partial charge is 0.219 e. The molecule has 1 saturated heterocycles. The first-order chi connectivity index (χ1) is 5.04. The fourth-order valence-electron chi connectivity index (χ4n) is 1.35. The molecule has 2 unspecified atom stereocenters. The van der Waals surface area contributed by atoms with E-state index in [-0.39, 0.29) is 11.4 Å². The summed E-state index contributed by atoms with van der Waals surface area (Å²) in [5.41, 5.74) is 10.7. The van der Waals surface area contributed by atoms with E-state index in [9.17, 15) is 4.79 Å². The number of carbonyl (C=O) groups excluding carboxylic acids is 1. The first-order valence-corrected chi connectivity index (χ1v) is 4.78. The van der Waals surface area contributed by atoms with Gasteiger partial charge in [-0.05, 0) is 12.2 Å². The molecule has 11 heavy (non-hydrogen) atoms. The molecule has 0 saturated carbocycles. The standard InChI is InChI=1S/C7H14N2OS/c1-5-7(9,2-3-11-5)4-6(8)10/h5H,2-4,9H2,1H3,(H2,8,10). The predicted molar refractivity (Wildman–Crippen MR) is 47.3 cm³/mol. The van der Waals surface area contributed by atoms with Crippen molar-refractivity contribution < 1.29 is 4.79 Å². The number of hydrogen-bond donors (Lipinski definition) is 2. The molecule has 0 bridgehead atoms. The van der Waals surface area contributed by atoms with Gasteiger partial charge in [-0.1, -0.05) is 6.92 Å². The Hall–Kier alpha value is -0.220. The van der Waals surface area contributed by atoms with Crippen molar-refractivity contribution in [1.82, 2.24) is 0 Å². The zero-order valence-corrected chi connectivity index (χ0v) is 7.49. The Kier molecular flexibility index (Phi) is 2.44. The number of hydrogen-bond acceptors (Lipinski definition) is 3. The molecule has 2 atom stereocenters. The van der Waals surface area contributed by atoms with Crippen LogP contribution in [0.2, 0.25) is 0 Å². The van der Waals surface area contributed by atoms with Gasteiger partial charge in [-0.15, -0.1) is 0 Å². The summed E-state index contributed by atoms with van der Waals surface area (Å²) in [7, 11) is 0. The van der Waals surface area contributed by atoms with Crippen molar-refractivity contribution in [2.75, 3.05) is 5.75 Å². The van der Waals surface area contributed by atoms with Gasteiger partial charge in [0.05, 0.1) is 0 Å². The maximum atomic E-state index is 10.6. The molecule has 4 heteroatoms. The topological polar surface area (TPSA) is 69.1 Å². The third kappa shape index (κ3) is 1.87. The fourth-order valence-corrected chi connectivity index (χ4v) is 2.74. The zero-order chi connectivity index (χ0) is 8.48. The van der Waals surface area contributed by atoms with E-state index in [1.165, 1.54) is 0 Å². The van der Waals surface area contributed by atoms with Crippen LogP contribution in [-0.2, 0) is 4.79 Å². The Bertz CT molecular complexity index is 174. The summed E-state index contributed by atoms with van der Waals surface area (Å²) in [6, 6.07) is 0. The molecule has 0 spiro atoms. The predicted octanol–water partition coefficient (Wildman–Crippen LogP) is 0.0847. The maximum Gasteiger partial charge on any atom is 0.219 e. The van der Waals surface area contributed by atoms with Gasteiger partial charge in [-0.3, -0.25) is 4.79 Å². The Morgan fingerprint density at radius 1 is 1.82 bits per heavy atom. The van der Waals surface area contributed by atoms with Gasteiger partial charge in [-0.25, -0.2) is 0 Å². The minimum Gasteiger partial charge on any atom is -0.370 e. The summed E-state index contributed by atoms with van der Waals surface area (Å²) in [4.78, 5) is 10.6. The van der Waals surface area contributed by atoms with E-state index in [0.717, 1.165) is 12.2 Å². The molecule has 1 aliphatic heterocycles. The summed E-state index contributed by atoms with van der Waals surface area (Å²) in [6.45, 7) is 2.06. The first-order valence-electron chi connectivity index (χ1n) is 3.73. The molecule has 1 heterocycles. The molecule has 0 aliphatic carbocycles. The third-order valence-corrected chi connectivity index (χ3v) is 3.66. The van der Waals surface area contributed by atoms with Crippen molar-refractivity contribution in [3.05, 3.63) is 0 Å². The molecule has 64 valence electrons. The van der Waals surface area contributed by atoms with E-state index in [2.05, 4.69) is 6.92 Å². The molecule has 0 aromatic rings. The number of amides is 1. The molecule has 1 aliphatic rings. The van der Waals surface area contributed by atoms with E-state index in [1.807, 2.05) is 11.8 Å². The number of rotatable bonds is 2. The van der Waals surface area contributed by atoms with Gasteiger partial charge in [0.2, 0.25) is 5.91 Å². The van der Waals surface area contributed by atoms with Crippen molar-refractivity contribution in [2.45, 2.75) is 30.6 Å². The van der Waals surface area contributed by atoms with Crippen LogP contribution in [0, 0.1) is 0 Å². The molecule has 3 nitrogen and oxygen atoms in total. The van der Waals surface area contributed by atoms with Gasteiger partial charge in [0.1, 0.15) is 0 Å². The molecule has 4 N–H and O–H groups in total. The van der Waals surface area contributed by atoms with Gasteiger partial charge in [0.25, 0.3) is 0 Å². The van der Waals surface area contributed by atoms with E-state index in [0.29, 0.717) is 11.7 Å². The Morgan fingerprint density at radius 2 is 2.45 bits per heavy atom. The highest BCUT2D eigenvalue weighted by molar-refractivity contribution is 8.00. The summed E-state index contributed by atoms with van der Waals surface area (Å²) >= 11 is 1.81. The van der Waals surface area contributed by atoms with E-state index < -0.39 is 0 Å². The number of primary amides is 1. The average molecular weight is 174 g/mol. The van der Waals surface area contributed by atoms with Gasteiger partial charge in [0, 0.05) is 17.2 Å². The molecular formula is C7H14N2OS. The van der Waals surface area contributed by atoms with Crippen LogP contribution in [0.1, 0.15) is 19.8 Å². The lowest BCUT2D eigenvalue weighted by atomic mass is 9.90. The van der Waals surface area contributed by atoms with Crippen LogP contribution in [0.4, 0.5) is 0 Å². The lowest BCUT2D eigenvalue weighted by Crippen LogP contribution is -2.47. The molecule has 1 fully saturated rings. The van der Waals surface area contributed by atoms with Crippen molar-refractivity contribution in [1.29, 1.82) is 0 Å². The molecular weight excluding hydrogens is 160 g/mol. The Balaban J connectivity index is 2.58. The largest absolute Gasteiger partial charge is 0.370 e. The monoisotopic (exact) mass is 174 g/mol. The summed E-state index contributed by atoms with van der Waals surface area (Å²) < 4.78 is 0. The second kappa shape index (κ2) is 3.03. The first kappa shape index (κ1) is 8.87.